The Morgan fingerprint density at radius 3 is 2.50 bits per heavy atom. The molecule has 0 saturated carbocycles. The van der Waals surface area contributed by atoms with Crippen molar-refractivity contribution < 1.29 is 4.79 Å². The van der Waals surface area contributed by atoms with E-state index in [0.717, 1.165) is 25.1 Å². The molecule has 2 rings (SSSR count). The number of amides is 1. The van der Waals surface area contributed by atoms with E-state index >= 15 is 0 Å². The highest BCUT2D eigenvalue weighted by molar-refractivity contribution is 5.94. The van der Waals surface area contributed by atoms with E-state index in [2.05, 4.69) is 6.92 Å². The second kappa shape index (κ2) is 6.21. The molecule has 2 atom stereocenters. The van der Waals surface area contributed by atoms with Crippen molar-refractivity contribution in [2.45, 2.75) is 26.3 Å². The molecular formula is C14H21ClN2O. The smallest absolute Gasteiger partial charge is 0.253 e. The molecule has 1 heterocycles. The van der Waals surface area contributed by atoms with Crippen LogP contribution in [0.25, 0.3) is 0 Å². The summed E-state index contributed by atoms with van der Waals surface area (Å²) in [6.07, 6.45) is 0.902. The van der Waals surface area contributed by atoms with Crippen molar-refractivity contribution in [3.63, 3.8) is 0 Å². The van der Waals surface area contributed by atoms with Crippen LogP contribution in [-0.4, -0.2) is 29.9 Å². The van der Waals surface area contributed by atoms with E-state index in [-0.39, 0.29) is 24.4 Å². The molecule has 0 radical (unpaired) electrons. The van der Waals surface area contributed by atoms with E-state index in [1.807, 2.05) is 36.1 Å². The molecule has 3 nitrogen and oxygen atoms in total. The largest absolute Gasteiger partial charge is 0.338 e. The molecule has 18 heavy (non-hydrogen) atoms. The Labute approximate surface area is 115 Å². The third-order valence-electron chi connectivity index (χ3n) is 3.56. The van der Waals surface area contributed by atoms with E-state index in [1.54, 1.807) is 0 Å². The van der Waals surface area contributed by atoms with Crippen molar-refractivity contribution in [3.8, 4) is 0 Å². The normalized spacial score (nSPS) is 23.4. The average Bonchev–Trinajstić information content (AvgIpc) is 2.33. The fourth-order valence-electron chi connectivity index (χ4n) is 2.23. The van der Waals surface area contributed by atoms with Gasteiger partial charge in [-0.2, -0.15) is 0 Å². The number of piperidine rings is 1. The highest BCUT2D eigenvalue weighted by Crippen LogP contribution is 2.17. The fraction of sp³-hybridized carbons (Fsp3) is 0.500. The topological polar surface area (TPSA) is 46.3 Å². The van der Waals surface area contributed by atoms with Gasteiger partial charge >= 0.3 is 0 Å². The second-order valence-electron chi connectivity index (χ2n) is 5.05. The summed E-state index contributed by atoms with van der Waals surface area (Å²) in [6, 6.07) is 7.99. The minimum Gasteiger partial charge on any atom is -0.338 e. The van der Waals surface area contributed by atoms with Gasteiger partial charge in [0.05, 0.1) is 0 Å². The Hall–Kier alpha value is -1.06. The average molecular weight is 269 g/mol. The predicted molar refractivity (Wildman–Crippen MR) is 76.1 cm³/mol. The minimum absolute atomic E-state index is 0. The summed E-state index contributed by atoms with van der Waals surface area (Å²) in [5, 5.41) is 0. The zero-order chi connectivity index (χ0) is 12.4. The molecule has 100 valence electrons. The zero-order valence-corrected chi connectivity index (χ0v) is 11.7. The van der Waals surface area contributed by atoms with Gasteiger partial charge in [0, 0.05) is 24.7 Å². The van der Waals surface area contributed by atoms with E-state index in [4.69, 9.17) is 5.73 Å². The van der Waals surface area contributed by atoms with Crippen molar-refractivity contribution in [2.75, 3.05) is 13.1 Å². The molecule has 1 amide bonds. The van der Waals surface area contributed by atoms with Crippen molar-refractivity contribution in [1.82, 2.24) is 4.90 Å². The second-order valence-corrected chi connectivity index (χ2v) is 5.05. The van der Waals surface area contributed by atoms with Gasteiger partial charge < -0.3 is 10.6 Å². The first-order valence-corrected chi connectivity index (χ1v) is 6.19. The zero-order valence-electron chi connectivity index (χ0n) is 10.9. The van der Waals surface area contributed by atoms with E-state index < -0.39 is 0 Å². The molecule has 0 aliphatic carbocycles. The van der Waals surface area contributed by atoms with Gasteiger partial charge in [0.25, 0.3) is 5.91 Å². The number of hydrogen-bond donors (Lipinski definition) is 1. The van der Waals surface area contributed by atoms with E-state index in [9.17, 15) is 4.79 Å². The number of benzene rings is 1. The van der Waals surface area contributed by atoms with Gasteiger partial charge in [0.15, 0.2) is 0 Å². The van der Waals surface area contributed by atoms with Gasteiger partial charge in [0.2, 0.25) is 0 Å². The molecule has 0 aromatic heterocycles. The summed E-state index contributed by atoms with van der Waals surface area (Å²) in [4.78, 5) is 14.2. The highest BCUT2D eigenvalue weighted by atomic mass is 35.5. The van der Waals surface area contributed by atoms with Crippen molar-refractivity contribution in [3.05, 3.63) is 35.4 Å². The molecule has 1 fully saturated rings. The van der Waals surface area contributed by atoms with Crippen LogP contribution in [0.2, 0.25) is 0 Å². The van der Waals surface area contributed by atoms with Gasteiger partial charge in [-0.25, -0.2) is 0 Å². The molecule has 2 N–H and O–H groups in total. The Bertz CT molecular complexity index is 405. The summed E-state index contributed by atoms with van der Waals surface area (Å²) >= 11 is 0. The van der Waals surface area contributed by atoms with Crippen LogP contribution in [-0.2, 0) is 0 Å². The van der Waals surface area contributed by atoms with E-state index in [1.165, 1.54) is 5.56 Å². The van der Waals surface area contributed by atoms with Crippen LogP contribution in [0.5, 0.6) is 0 Å². The number of carbonyl (C=O) groups excluding carboxylic acids is 1. The SMILES string of the molecule is Cc1ccc(C(=O)N2CCC(N)C(C)C2)cc1.Cl. The Morgan fingerprint density at radius 2 is 1.94 bits per heavy atom. The lowest BCUT2D eigenvalue weighted by Crippen LogP contribution is -2.48. The number of nitrogens with zero attached hydrogens (tertiary/aromatic N) is 1. The van der Waals surface area contributed by atoms with Gasteiger partial charge in [-0.05, 0) is 31.4 Å². The predicted octanol–water partition coefficient (Wildman–Crippen LogP) is 2.23. The summed E-state index contributed by atoms with van der Waals surface area (Å²) in [7, 11) is 0. The number of carbonyl (C=O) groups is 1. The third kappa shape index (κ3) is 3.24. The summed E-state index contributed by atoms with van der Waals surface area (Å²) in [5.41, 5.74) is 7.91. The molecule has 1 aromatic carbocycles. The minimum atomic E-state index is 0. The van der Waals surface area contributed by atoms with E-state index in [0.29, 0.717) is 5.92 Å². The van der Waals surface area contributed by atoms with Gasteiger partial charge in [0.1, 0.15) is 0 Å². The lowest BCUT2D eigenvalue weighted by atomic mass is 9.94. The Morgan fingerprint density at radius 1 is 1.33 bits per heavy atom. The first-order chi connectivity index (χ1) is 8.08. The number of aryl methyl sites for hydroxylation is 1. The molecule has 4 heteroatoms. The fourth-order valence-corrected chi connectivity index (χ4v) is 2.23. The monoisotopic (exact) mass is 268 g/mol. The Balaban J connectivity index is 0.00000162. The van der Waals surface area contributed by atoms with Gasteiger partial charge in [-0.3, -0.25) is 4.79 Å². The maximum Gasteiger partial charge on any atom is 0.253 e. The van der Waals surface area contributed by atoms with Crippen LogP contribution >= 0.6 is 12.4 Å². The van der Waals surface area contributed by atoms with Crippen molar-refractivity contribution >= 4 is 18.3 Å². The van der Waals surface area contributed by atoms with Crippen LogP contribution < -0.4 is 5.73 Å². The maximum atomic E-state index is 12.2. The summed E-state index contributed by atoms with van der Waals surface area (Å²) in [6.45, 7) is 5.68. The number of rotatable bonds is 1. The van der Waals surface area contributed by atoms with Gasteiger partial charge in [-0.1, -0.05) is 24.6 Å². The van der Waals surface area contributed by atoms with Crippen LogP contribution in [0.4, 0.5) is 0 Å². The van der Waals surface area contributed by atoms with Crippen molar-refractivity contribution in [1.29, 1.82) is 0 Å². The molecule has 0 spiro atoms. The first kappa shape index (κ1) is 15.0. The molecule has 1 saturated heterocycles. The van der Waals surface area contributed by atoms with Crippen LogP contribution in [0.15, 0.2) is 24.3 Å². The number of likely N-dealkylation sites (tertiary alicyclic amines) is 1. The molecule has 1 aliphatic heterocycles. The lowest BCUT2D eigenvalue weighted by molar-refractivity contribution is 0.0664. The quantitative estimate of drug-likeness (QED) is 0.849. The lowest BCUT2D eigenvalue weighted by Gasteiger charge is -2.35. The molecule has 2 unspecified atom stereocenters. The number of hydrogen-bond acceptors (Lipinski definition) is 2. The molecule has 1 aromatic rings. The van der Waals surface area contributed by atoms with Crippen LogP contribution in [0, 0.1) is 12.8 Å². The Kier molecular flexibility index (Phi) is 5.17. The standard InChI is InChI=1S/C14H20N2O.ClH/c1-10-3-5-12(6-4-10)14(17)16-8-7-13(15)11(2)9-16;/h3-6,11,13H,7-9,15H2,1-2H3;1H. The summed E-state index contributed by atoms with van der Waals surface area (Å²) < 4.78 is 0. The molecule has 1 aliphatic rings. The number of halogens is 1. The van der Waals surface area contributed by atoms with Crippen LogP contribution in [0.1, 0.15) is 29.3 Å². The van der Waals surface area contributed by atoms with Crippen molar-refractivity contribution in [2.24, 2.45) is 11.7 Å². The molecule has 0 bridgehead atoms. The highest BCUT2D eigenvalue weighted by Gasteiger charge is 2.26. The first-order valence-electron chi connectivity index (χ1n) is 6.19. The summed E-state index contributed by atoms with van der Waals surface area (Å²) in [5.74, 6) is 0.516. The van der Waals surface area contributed by atoms with Crippen LogP contribution in [0.3, 0.4) is 0 Å². The number of nitrogens with two attached hydrogens (primary N) is 1. The molecular weight excluding hydrogens is 248 g/mol. The maximum absolute atomic E-state index is 12.2. The third-order valence-corrected chi connectivity index (χ3v) is 3.56. The van der Waals surface area contributed by atoms with Gasteiger partial charge in [-0.15, -0.1) is 12.4 Å².